The van der Waals surface area contributed by atoms with Gasteiger partial charge in [-0.05, 0) is 39.7 Å². The van der Waals surface area contributed by atoms with Gasteiger partial charge in [0.15, 0.2) is 11.5 Å². The second-order valence-electron chi connectivity index (χ2n) is 9.17. The molecule has 0 saturated carbocycles. The summed E-state index contributed by atoms with van der Waals surface area (Å²) < 4.78 is 12.1. The Morgan fingerprint density at radius 3 is 2.45 bits per heavy atom. The number of carbonyl (C=O) groups excluding carboxylic acids is 1. The largest absolute Gasteiger partial charge is 0.493 e. The number of nitrogens with two attached hydrogens (primary N) is 1. The van der Waals surface area contributed by atoms with Crippen molar-refractivity contribution in [3.8, 4) is 11.5 Å². The Hall–Kier alpha value is -2.82. The fourth-order valence-corrected chi connectivity index (χ4v) is 4.57. The van der Waals surface area contributed by atoms with E-state index in [0.717, 1.165) is 45.7 Å². The number of primary amides is 1. The summed E-state index contributed by atoms with van der Waals surface area (Å²) in [7, 11) is 1.63. The molecular weight excluding hydrogens is 364 g/mol. The number of hydrogen-bond donors (Lipinski definition) is 1. The maximum atomic E-state index is 12.0. The highest BCUT2D eigenvalue weighted by Crippen LogP contribution is 2.50. The first-order chi connectivity index (χ1) is 13.6. The Labute approximate surface area is 171 Å². The number of methoxy groups -OCH3 is 1. The Bertz CT molecular complexity index is 1020. The molecule has 0 spiro atoms. The van der Waals surface area contributed by atoms with Gasteiger partial charge in [-0.1, -0.05) is 30.3 Å². The molecule has 0 aliphatic carbocycles. The van der Waals surface area contributed by atoms with Gasteiger partial charge in [-0.25, -0.2) is 0 Å². The number of carbonyl (C=O) groups is 1. The van der Waals surface area contributed by atoms with Gasteiger partial charge in [-0.15, -0.1) is 0 Å². The second-order valence-corrected chi connectivity index (χ2v) is 9.17. The normalized spacial score (nSPS) is 18.3. The Balaban J connectivity index is 2.08. The van der Waals surface area contributed by atoms with Gasteiger partial charge in [-0.3, -0.25) is 9.79 Å². The maximum Gasteiger partial charge on any atom is 0.221 e. The summed E-state index contributed by atoms with van der Waals surface area (Å²) in [5, 5.41) is 0. The molecule has 0 aromatic heterocycles. The molecule has 2 aliphatic rings. The van der Waals surface area contributed by atoms with Crippen molar-refractivity contribution < 1.29 is 14.3 Å². The van der Waals surface area contributed by atoms with E-state index >= 15 is 0 Å². The molecular formula is C24H28N2O3. The molecule has 2 heterocycles. The first-order valence-electron chi connectivity index (χ1n) is 9.99. The average Bonchev–Trinajstić information content (AvgIpc) is 2.95. The number of ether oxygens (including phenoxy) is 2. The fraction of sp³-hybridized carbons (Fsp3) is 0.417. The van der Waals surface area contributed by atoms with Crippen LogP contribution in [0.5, 0.6) is 11.5 Å². The van der Waals surface area contributed by atoms with Gasteiger partial charge in [-0.2, -0.15) is 0 Å². The minimum Gasteiger partial charge on any atom is -0.493 e. The van der Waals surface area contributed by atoms with E-state index in [1.807, 2.05) is 18.2 Å². The van der Waals surface area contributed by atoms with E-state index in [2.05, 4.69) is 39.8 Å². The van der Waals surface area contributed by atoms with Gasteiger partial charge in [0.2, 0.25) is 5.91 Å². The molecule has 152 valence electrons. The summed E-state index contributed by atoms with van der Waals surface area (Å²) in [5.41, 5.74) is 11.1. The summed E-state index contributed by atoms with van der Waals surface area (Å²) in [5.74, 6) is 0.966. The zero-order chi connectivity index (χ0) is 21.0. The quantitative estimate of drug-likeness (QED) is 0.864. The number of benzene rings is 2. The third-order valence-corrected chi connectivity index (χ3v) is 5.57. The number of hydrogen-bond acceptors (Lipinski definition) is 4. The molecule has 29 heavy (non-hydrogen) atoms. The van der Waals surface area contributed by atoms with Crippen LogP contribution in [-0.4, -0.2) is 29.9 Å². The highest BCUT2D eigenvalue weighted by molar-refractivity contribution is 6.16. The lowest BCUT2D eigenvalue weighted by Crippen LogP contribution is -2.32. The van der Waals surface area contributed by atoms with Gasteiger partial charge in [0.05, 0.1) is 24.8 Å². The average molecular weight is 392 g/mol. The zero-order valence-electron chi connectivity index (χ0n) is 17.8. The lowest BCUT2D eigenvalue weighted by atomic mass is 9.78. The molecule has 4 rings (SSSR count). The van der Waals surface area contributed by atoms with Gasteiger partial charge in [0.1, 0.15) is 5.60 Å². The molecule has 2 aromatic rings. The minimum absolute atomic E-state index is 0.112. The minimum atomic E-state index is -0.385. The van der Waals surface area contributed by atoms with Crippen LogP contribution in [0, 0.1) is 0 Å². The van der Waals surface area contributed by atoms with E-state index in [1.165, 1.54) is 0 Å². The molecule has 0 bridgehead atoms. The first-order valence-corrected chi connectivity index (χ1v) is 9.99. The summed E-state index contributed by atoms with van der Waals surface area (Å²) in [6.07, 6.45) is 1.58. The van der Waals surface area contributed by atoms with Crippen LogP contribution in [0.1, 0.15) is 55.5 Å². The molecule has 0 atom stereocenters. The van der Waals surface area contributed by atoms with Crippen LogP contribution in [-0.2, 0) is 24.1 Å². The van der Waals surface area contributed by atoms with E-state index < -0.39 is 0 Å². The third kappa shape index (κ3) is 3.39. The number of nitrogens with zero attached hydrogens (tertiary/aromatic N) is 1. The molecule has 5 nitrogen and oxygen atoms in total. The van der Waals surface area contributed by atoms with Crippen LogP contribution in [0.2, 0.25) is 0 Å². The standard InChI is InChI=1S/C24H28N2O3/c1-23(2)12-16-15(11-18(25)27)21(28-5)22-17(13-24(3,4)29-22)19(16)20(26-23)14-9-7-6-8-10-14/h6-10H,11-13H2,1-5H3,(H2,25,27). The number of fused-ring (bicyclic) bond motifs is 3. The predicted molar refractivity (Wildman–Crippen MR) is 114 cm³/mol. The molecule has 0 radical (unpaired) electrons. The van der Waals surface area contributed by atoms with Crippen molar-refractivity contribution in [1.29, 1.82) is 0 Å². The Morgan fingerprint density at radius 2 is 1.83 bits per heavy atom. The first kappa shape index (κ1) is 19.5. The molecule has 1 amide bonds. The van der Waals surface area contributed by atoms with Crippen molar-refractivity contribution in [2.45, 2.75) is 58.1 Å². The zero-order valence-corrected chi connectivity index (χ0v) is 17.8. The van der Waals surface area contributed by atoms with E-state index in [9.17, 15) is 4.79 Å². The Morgan fingerprint density at radius 1 is 1.14 bits per heavy atom. The van der Waals surface area contributed by atoms with Crippen molar-refractivity contribution >= 4 is 11.6 Å². The van der Waals surface area contributed by atoms with Crippen molar-refractivity contribution in [1.82, 2.24) is 0 Å². The van der Waals surface area contributed by atoms with E-state index in [1.54, 1.807) is 7.11 Å². The molecule has 2 aromatic carbocycles. The number of amides is 1. The molecule has 5 heteroatoms. The van der Waals surface area contributed by atoms with Gasteiger partial charge < -0.3 is 15.2 Å². The topological polar surface area (TPSA) is 73.9 Å². The van der Waals surface area contributed by atoms with Gasteiger partial charge >= 0.3 is 0 Å². The Kier molecular flexibility index (Phi) is 4.45. The van der Waals surface area contributed by atoms with Gasteiger partial charge in [0, 0.05) is 28.7 Å². The van der Waals surface area contributed by atoms with Crippen LogP contribution >= 0.6 is 0 Å². The molecule has 0 unspecified atom stereocenters. The highest BCUT2D eigenvalue weighted by Gasteiger charge is 2.41. The van der Waals surface area contributed by atoms with Crippen molar-refractivity contribution in [2.75, 3.05) is 7.11 Å². The summed E-state index contributed by atoms with van der Waals surface area (Å²) in [6.45, 7) is 8.37. The monoisotopic (exact) mass is 392 g/mol. The van der Waals surface area contributed by atoms with Crippen LogP contribution < -0.4 is 15.2 Å². The molecule has 2 N–H and O–H groups in total. The summed E-state index contributed by atoms with van der Waals surface area (Å²) >= 11 is 0. The lowest BCUT2D eigenvalue weighted by Gasteiger charge is -2.33. The van der Waals surface area contributed by atoms with Gasteiger partial charge in [0.25, 0.3) is 0 Å². The van der Waals surface area contributed by atoms with E-state index in [4.69, 9.17) is 20.2 Å². The van der Waals surface area contributed by atoms with E-state index in [-0.39, 0.29) is 23.5 Å². The summed E-state index contributed by atoms with van der Waals surface area (Å²) in [6, 6.07) is 10.2. The van der Waals surface area contributed by atoms with Crippen molar-refractivity contribution in [3.05, 3.63) is 58.1 Å². The van der Waals surface area contributed by atoms with Crippen LogP contribution in [0.15, 0.2) is 35.3 Å². The molecule has 0 fully saturated rings. The number of aliphatic imine (C=N–C) groups is 1. The van der Waals surface area contributed by atoms with E-state index in [0.29, 0.717) is 12.2 Å². The second kappa shape index (κ2) is 6.61. The number of rotatable bonds is 4. The third-order valence-electron chi connectivity index (χ3n) is 5.57. The van der Waals surface area contributed by atoms with Crippen LogP contribution in [0.3, 0.4) is 0 Å². The highest BCUT2D eigenvalue weighted by atomic mass is 16.5. The van der Waals surface area contributed by atoms with Crippen molar-refractivity contribution in [3.63, 3.8) is 0 Å². The van der Waals surface area contributed by atoms with Crippen LogP contribution in [0.4, 0.5) is 0 Å². The SMILES string of the molecule is COc1c(CC(N)=O)c2c(c3c1OC(C)(C)C3)C(c1ccccc1)=NC(C)(C)C2. The molecule has 0 saturated heterocycles. The smallest absolute Gasteiger partial charge is 0.221 e. The molecule has 2 aliphatic heterocycles. The predicted octanol–water partition coefficient (Wildman–Crippen LogP) is 3.61. The summed E-state index contributed by atoms with van der Waals surface area (Å²) in [4.78, 5) is 17.1. The van der Waals surface area contributed by atoms with Crippen LogP contribution in [0.25, 0.3) is 0 Å². The maximum absolute atomic E-state index is 12.0. The van der Waals surface area contributed by atoms with Crippen molar-refractivity contribution in [2.24, 2.45) is 10.7 Å². The lowest BCUT2D eigenvalue weighted by molar-refractivity contribution is -0.117. The fourth-order valence-electron chi connectivity index (χ4n) is 4.57.